The fourth-order valence-electron chi connectivity index (χ4n) is 1.53. The lowest BCUT2D eigenvalue weighted by atomic mass is 10.00. The van der Waals surface area contributed by atoms with E-state index in [1.54, 1.807) is 6.92 Å². The molecule has 0 heterocycles. The van der Waals surface area contributed by atoms with Crippen molar-refractivity contribution < 1.29 is 24.2 Å². The molecule has 0 atom stereocenters. The largest absolute Gasteiger partial charge is 0.478 e. The molecule has 0 spiro atoms. The maximum Gasteiger partial charge on any atom is 0.338 e. The van der Waals surface area contributed by atoms with Crippen LogP contribution in [-0.2, 0) is 16.0 Å². The molecule has 1 N–H and O–H groups in total. The van der Waals surface area contributed by atoms with Gasteiger partial charge in [-0.25, -0.2) is 9.59 Å². The minimum Gasteiger partial charge on any atom is -0.478 e. The molecule has 102 valence electrons. The van der Waals surface area contributed by atoms with Crippen LogP contribution >= 0.6 is 11.6 Å². The van der Waals surface area contributed by atoms with Gasteiger partial charge in [-0.05, 0) is 24.6 Å². The SMILES string of the molecule is CCOC(=O)c1ccc(CC(=O)CCl)c(C(=O)O)c1. The van der Waals surface area contributed by atoms with Gasteiger partial charge in [0.05, 0.1) is 23.6 Å². The third-order valence-corrected chi connectivity index (χ3v) is 2.69. The average Bonchev–Trinajstić information content (AvgIpc) is 2.38. The van der Waals surface area contributed by atoms with Crippen LogP contribution in [0.4, 0.5) is 0 Å². The number of ketones is 1. The first-order valence-corrected chi connectivity index (χ1v) is 6.14. The Labute approximate surface area is 115 Å². The van der Waals surface area contributed by atoms with Gasteiger partial charge >= 0.3 is 11.9 Å². The highest BCUT2D eigenvalue weighted by Gasteiger charge is 2.16. The summed E-state index contributed by atoms with van der Waals surface area (Å²) in [4.78, 5) is 33.9. The van der Waals surface area contributed by atoms with Crippen molar-refractivity contribution in [1.82, 2.24) is 0 Å². The second-order valence-corrected chi connectivity index (χ2v) is 4.01. The molecular weight excluding hydrogens is 272 g/mol. The molecule has 0 unspecified atom stereocenters. The topological polar surface area (TPSA) is 80.7 Å². The minimum atomic E-state index is -1.21. The lowest BCUT2D eigenvalue weighted by molar-refractivity contribution is -0.116. The van der Waals surface area contributed by atoms with Crippen LogP contribution in [0, 0.1) is 0 Å². The molecule has 0 aliphatic heterocycles. The smallest absolute Gasteiger partial charge is 0.338 e. The maximum atomic E-state index is 11.5. The predicted octanol–water partition coefficient (Wildman–Crippen LogP) is 1.91. The molecule has 0 aliphatic carbocycles. The number of rotatable bonds is 6. The summed E-state index contributed by atoms with van der Waals surface area (Å²) < 4.78 is 4.78. The number of carbonyl (C=O) groups is 3. The van der Waals surface area contributed by atoms with Crippen molar-refractivity contribution in [2.75, 3.05) is 12.5 Å². The normalized spacial score (nSPS) is 10.0. The Hall–Kier alpha value is -1.88. The molecule has 0 saturated carbocycles. The van der Waals surface area contributed by atoms with Crippen molar-refractivity contribution in [3.05, 3.63) is 34.9 Å². The lowest BCUT2D eigenvalue weighted by Crippen LogP contribution is -2.12. The van der Waals surface area contributed by atoms with E-state index < -0.39 is 11.9 Å². The zero-order chi connectivity index (χ0) is 14.4. The Morgan fingerprint density at radius 3 is 2.53 bits per heavy atom. The van der Waals surface area contributed by atoms with Crippen molar-refractivity contribution in [1.29, 1.82) is 0 Å². The van der Waals surface area contributed by atoms with E-state index >= 15 is 0 Å². The number of aromatic carboxylic acids is 1. The van der Waals surface area contributed by atoms with Gasteiger partial charge in [-0.3, -0.25) is 4.79 Å². The Balaban J connectivity index is 3.11. The number of carboxylic acids is 1. The lowest BCUT2D eigenvalue weighted by Gasteiger charge is -2.07. The fourth-order valence-corrected chi connectivity index (χ4v) is 1.63. The Bertz CT molecular complexity index is 510. The van der Waals surface area contributed by atoms with E-state index in [4.69, 9.17) is 21.4 Å². The maximum absolute atomic E-state index is 11.5. The van der Waals surface area contributed by atoms with E-state index in [2.05, 4.69) is 0 Å². The molecule has 0 bridgehead atoms. The third kappa shape index (κ3) is 4.06. The molecule has 0 aromatic heterocycles. The van der Waals surface area contributed by atoms with Gasteiger partial charge in [-0.1, -0.05) is 6.07 Å². The number of halogens is 1. The van der Waals surface area contributed by atoms with Gasteiger partial charge in [0.2, 0.25) is 0 Å². The fraction of sp³-hybridized carbons (Fsp3) is 0.308. The number of carbonyl (C=O) groups excluding carboxylic acids is 2. The summed E-state index contributed by atoms with van der Waals surface area (Å²) in [6.45, 7) is 1.86. The van der Waals surface area contributed by atoms with Crippen LogP contribution in [0.25, 0.3) is 0 Å². The molecular formula is C13H13ClO5. The first kappa shape index (κ1) is 15.2. The summed E-state index contributed by atoms with van der Waals surface area (Å²) >= 11 is 5.39. The standard InChI is InChI=1S/C13H13ClO5/c1-2-19-13(18)9-4-3-8(5-10(15)7-14)11(6-9)12(16)17/h3-4,6H,2,5,7H2,1H3,(H,16,17). The van der Waals surface area contributed by atoms with Crippen LogP contribution in [0.5, 0.6) is 0 Å². The number of Topliss-reactive ketones (excluding diaryl/α,β-unsaturated/α-hetero) is 1. The Morgan fingerprint density at radius 1 is 1.32 bits per heavy atom. The summed E-state index contributed by atoms with van der Waals surface area (Å²) in [6.07, 6.45) is -0.0752. The van der Waals surface area contributed by atoms with Crippen LogP contribution in [0.3, 0.4) is 0 Å². The highest BCUT2D eigenvalue weighted by molar-refractivity contribution is 6.27. The van der Waals surface area contributed by atoms with Gasteiger partial charge in [0.25, 0.3) is 0 Å². The summed E-state index contributed by atoms with van der Waals surface area (Å²) in [5, 5.41) is 9.09. The van der Waals surface area contributed by atoms with E-state index in [0.717, 1.165) is 0 Å². The van der Waals surface area contributed by atoms with Crippen molar-refractivity contribution in [2.24, 2.45) is 0 Å². The molecule has 0 radical (unpaired) electrons. The van der Waals surface area contributed by atoms with Crippen LogP contribution in [0.1, 0.15) is 33.2 Å². The van der Waals surface area contributed by atoms with Crippen LogP contribution in [0.15, 0.2) is 18.2 Å². The molecule has 1 aromatic rings. The second kappa shape index (κ2) is 6.89. The minimum absolute atomic E-state index is 0.0752. The van der Waals surface area contributed by atoms with E-state index in [9.17, 15) is 14.4 Å². The number of hydrogen-bond acceptors (Lipinski definition) is 4. The summed E-state index contributed by atoms with van der Waals surface area (Å²) in [7, 11) is 0. The number of carboxylic acid groups (broad SMARTS) is 1. The summed E-state index contributed by atoms with van der Waals surface area (Å²) in [5.74, 6) is -2.27. The summed E-state index contributed by atoms with van der Waals surface area (Å²) in [5.41, 5.74) is 0.372. The first-order valence-electron chi connectivity index (χ1n) is 5.60. The van der Waals surface area contributed by atoms with Crippen molar-refractivity contribution >= 4 is 29.3 Å². The van der Waals surface area contributed by atoms with Crippen LogP contribution in [0.2, 0.25) is 0 Å². The molecule has 1 aromatic carbocycles. The second-order valence-electron chi connectivity index (χ2n) is 3.75. The first-order chi connectivity index (χ1) is 8.99. The van der Waals surface area contributed by atoms with Gasteiger partial charge in [0.1, 0.15) is 0 Å². The Kier molecular flexibility index (Phi) is 5.51. The molecule has 5 nitrogen and oxygen atoms in total. The van der Waals surface area contributed by atoms with Gasteiger partial charge in [0, 0.05) is 6.42 Å². The molecule has 0 saturated heterocycles. The van der Waals surface area contributed by atoms with Crippen molar-refractivity contribution in [2.45, 2.75) is 13.3 Å². The number of alkyl halides is 1. The number of benzene rings is 1. The summed E-state index contributed by atoms with van der Waals surface area (Å²) in [6, 6.07) is 4.07. The van der Waals surface area contributed by atoms with Crippen molar-refractivity contribution in [3.63, 3.8) is 0 Å². The molecule has 0 amide bonds. The third-order valence-electron chi connectivity index (χ3n) is 2.39. The van der Waals surface area contributed by atoms with E-state index in [1.165, 1.54) is 18.2 Å². The predicted molar refractivity (Wildman–Crippen MR) is 68.8 cm³/mol. The molecule has 6 heteroatoms. The molecule has 0 fully saturated rings. The van der Waals surface area contributed by atoms with E-state index in [1.807, 2.05) is 0 Å². The molecule has 1 rings (SSSR count). The van der Waals surface area contributed by atoms with Crippen LogP contribution < -0.4 is 0 Å². The highest BCUT2D eigenvalue weighted by atomic mass is 35.5. The number of esters is 1. The quantitative estimate of drug-likeness (QED) is 0.637. The Morgan fingerprint density at radius 2 is 2.00 bits per heavy atom. The van der Waals surface area contributed by atoms with Gasteiger partial charge in [-0.2, -0.15) is 0 Å². The number of ether oxygens (including phenoxy) is 1. The van der Waals surface area contributed by atoms with Gasteiger partial charge in [0.15, 0.2) is 5.78 Å². The average molecular weight is 285 g/mol. The zero-order valence-corrected chi connectivity index (χ0v) is 11.1. The van der Waals surface area contributed by atoms with E-state index in [-0.39, 0.29) is 35.8 Å². The monoisotopic (exact) mass is 284 g/mol. The van der Waals surface area contributed by atoms with E-state index in [0.29, 0.717) is 5.56 Å². The van der Waals surface area contributed by atoms with Gasteiger partial charge in [-0.15, -0.1) is 11.6 Å². The highest BCUT2D eigenvalue weighted by Crippen LogP contribution is 2.15. The van der Waals surface area contributed by atoms with Crippen molar-refractivity contribution in [3.8, 4) is 0 Å². The van der Waals surface area contributed by atoms with Gasteiger partial charge < -0.3 is 9.84 Å². The number of hydrogen-bond donors (Lipinski definition) is 1. The molecule has 0 aliphatic rings. The zero-order valence-electron chi connectivity index (χ0n) is 10.3. The molecule has 19 heavy (non-hydrogen) atoms. The van der Waals surface area contributed by atoms with Crippen LogP contribution in [-0.4, -0.2) is 35.3 Å².